The van der Waals surface area contributed by atoms with E-state index in [-0.39, 0.29) is 6.61 Å². The van der Waals surface area contributed by atoms with Crippen LogP contribution in [-0.4, -0.2) is 48.9 Å². The van der Waals surface area contributed by atoms with E-state index in [1.807, 2.05) is 37.2 Å². The maximum absolute atomic E-state index is 9.39. The quantitative estimate of drug-likeness (QED) is 0.934. The molecule has 1 aliphatic heterocycles. The Hall–Kier alpha value is -1.88. The number of aliphatic hydroxyl groups is 1. The Bertz CT molecular complexity index is 629. The molecule has 5 nitrogen and oxygen atoms in total. The molecule has 2 aromatic rings. The molecule has 1 aliphatic rings. The number of rotatable bonds is 3. The second kappa shape index (κ2) is 5.85. The third kappa shape index (κ3) is 2.78. The molecule has 0 aliphatic carbocycles. The van der Waals surface area contributed by atoms with Crippen molar-refractivity contribution < 1.29 is 5.11 Å². The highest BCUT2D eigenvalue weighted by Crippen LogP contribution is 2.27. The van der Waals surface area contributed by atoms with Gasteiger partial charge in [-0.3, -0.25) is 0 Å². The molecule has 112 valence electrons. The van der Waals surface area contributed by atoms with E-state index in [0.717, 1.165) is 48.6 Å². The number of anilines is 2. The van der Waals surface area contributed by atoms with Gasteiger partial charge < -0.3 is 14.9 Å². The first-order chi connectivity index (χ1) is 10.2. The van der Waals surface area contributed by atoms with Crippen LogP contribution < -0.4 is 9.80 Å². The van der Waals surface area contributed by atoms with E-state index in [0.29, 0.717) is 5.92 Å². The number of fused-ring (bicyclic) bond motifs is 1. The topological polar surface area (TPSA) is 52.5 Å². The van der Waals surface area contributed by atoms with Crippen molar-refractivity contribution in [3.63, 3.8) is 0 Å². The number of para-hydroxylation sites is 1. The van der Waals surface area contributed by atoms with Crippen LogP contribution in [0.5, 0.6) is 0 Å². The Balaban J connectivity index is 2.02. The number of benzene rings is 1. The molecule has 0 saturated carbocycles. The molecule has 1 fully saturated rings. The molecule has 2 heterocycles. The van der Waals surface area contributed by atoms with Crippen molar-refractivity contribution in [3.05, 3.63) is 24.3 Å². The van der Waals surface area contributed by atoms with Gasteiger partial charge in [-0.15, -0.1) is 0 Å². The normalized spacial score (nSPS) is 19.0. The lowest BCUT2D eigenvalue weighted by molar-refractivity contribution is 0.208. The van der Waals surface area contributed by atoms with Crippen molar-refractivity contribution in [1.82, 2.24) is 9.97 Å². The maximum Gasteiger partial charge on any atom is 0.227 e. The monoisotopic (exact) mass is 286 g/mol. The first-order valence-electron chi connectivity index (χ1n) is 7.49. The van der Waals surface area contributed by atoms with E-state index in [1.165, 1.54) is 0 Å². The van der Waals surface area contributed by atoms with Crippen LogP contribution in [0.3, 0.4) is 0 Å². The van der Waals surface area contributed by atoms with E-state index in [2.05, 4.69) is 11.0 Å². The van der Waals surface area contributed by atoms with Crippen molar-refractivity contribution in [2.75, 3.05) is 43.6 Å². The molecule has 1 atom stereocenters. The first-order valence-corrected chi connectivity index (χ1v) is 7.49. The highest BCUT2D eigenvalue weighted by atomic mass is 16.3. The minimum atomic E-state index is 0.241. The summed E-state index contributed by atoms with van der Waals surface area (Å²) >= 11 is 0. The van der Waals surface area contributed by atoms with Crippen molar-refractivity contribution in [3.8, 4) is 0 Å². The van der Waals surface area contributed by atoms with Gasteiger partial charge in [0.2, 0.25) is 5.95 Å². The van der Waals surface area contributed by atoms with Gasteiger partial charge in [-0.05, 0) is 30.9 Å². The van der Waals surface area contributed by atoms with Gasteiger partial charge in [-0.1, -0.05) is 12.1 Å². The van der Waals surface area contributed by atoms with E-state index in [1.54, 1.807) is 0 Å². The Morgan fingerprint density at radius 1 is 1.29 bits per heavy atom. The van der Waals surface area contributed by atoms with Crippen LogP contribution in [-0.2, 0) is 0 Å². The molecule has 1 aromatic heterocycles. The minimum absolute atomic E-state index is 0.241. The Morgan fingerprint density at radius 2 is 2.10 bits per heavy atom. The standard InChI is InChI=1S/C16H22N4O/c1-19(2)15-13-7-3-4-8-14(13)17-16(18-15)20-9-5-6-12(10-20)11-21/h3-4,7-8,12,21H,5-6,9-11H2,1-2H3/t12-/m0/s1. The fraction of sp³-hybridized carbons (Fsp3) is 0.500. The molecular weight excluding hydrogens is 264 g/mol. The Labute approximate surface area is 125 Å². The van der Waals surface area contributed by atoms with Crippen LogP contribution in [0.4, 0.5) is 11.8 Å². The third-order valence-electron chi connectivity index (χ3n) is 4.05. The molecule has 1 aromatic carbocycles. The molecule has 1 N–H and O–H groups in total. The predicted molar refractivity (Wildman–Crippen MR) is 85.9 cm³/mol. The van der Waals surface area contributed by atoms with Crippen LogP contribution in [0.1, 0.15) is 12.8 Å². The van der Waals surface area contributed by atoms with Gasteiger partial charge in [0.25, 0.3) is 0 Å². The summed E-state index contributed by atoms with van der Waals surface area (Å²) in [5.74, 6) is 2.05. The first kappa shape index (κ1) is 14.1. The summed E-state index contributed by atoms with van der Waals surface area (Å²) in [6.07, 6.45) is 2.17. The van der Waals surface area contributed by atoms with Crippen LogP contribution in [0.25, 0.3) is 10.9 Å². The largest absolute Gasteiger partial charge is 0.396 e. The molecule has 0 radical (unpaired) electrons. The zero-order valence-electron chi connectivity index (χ0n) is 12.7. The van der Waals surface area contributed by atoms with Crippen LogP contribution in [0.2, 0.25) is 0 Å². The fourth-order valence-electron chi connectivity index (χ4n) is 2.93. The number of hydrogen-bond donors (Lipinski definition) is 1. The number of hydrogen-bond acceptors (Lipinski definition) is 5. The average molecular weight is 286 g/mol. The van der Waals surface area contributed by atoms with Crippen LogP contribution in [0.15, 0.2) is 24.3 Å². The fourth-order valence-corrected chi connectivity index (χ4v) is 2.93. The van der Waals surface area contributed by atoms with Gasteiger partial charge in [0.1, 0.15) is 5.82 Å². The van der Waals surface area contributed by atoms with Crippen LogP contribution in [0, 0.1) is 5.92 Å². The third-order valence-corrected chi connectivity index (χ3v) is 4.05. The van der Waals surface area contributed by atoms with Gasteiger partial charge in [-0.25, -0.2) is 4.98 Å². The summed E-state index contributed by atoms with van der Waals surface area (Å²) in [6.45, 7) is 2.04. The highest BCUT2D eigenvalue weighted by molar-refractivity contribution is 5.90. The number of aromatic nitrogens is 2. The second-order valence-electron chi connectivity index (χ2n) is 5.90. The molecule has 5 heteroatoms. The van der Waals surface area contributed by atoms with Gasteiger partial charge in [-0.2, -0.15) is 4.98 Å². The van der Waals surface area contributed by atoms with E-state index < -0.39 is 0 Å². The van der Waals surface area contributed by atoms with Gasteiger partial charge in [0.15, 0.2) is 0 Å². The number of piperidine rings is 1. The summed E-state index contributed by atoms with van der Waals surface area (Å²) in [4.78, 5) is 13.7. The predicted octanol–water partition coefficient (Wildman–Crippen LogP) is 1.90. The summed E-state index contributed by atoms with van der Waals surface area (Å²) < 4.78 is 0. The smallest absolute Gasteiger partial charge is 0.227 e. The molecule has 1 saturated heterocycles. The molecule has 0 unspecified atom stereocenters. The highest BCUT2D eigenvalue weighted by Gasteiger charge is 2.22. The SMILES string of the molecule is CN(C)c1nc(N2CCC[C@H](CO)C2)nc2ccccc12. The lowest BCUT2D eigenvalue weighted by Crippen LogP contribution is -2.38. The van der Waals surface area contributed by atoms with E-state index >= 15 is 0 Å². The molecule has 3 rings (SSSR count). The van der Waals surface area contributed by atoms with E-state index in [4.69, 9.17) is 9.97 Å². The zero-order chi connectivity index (χ0) is 14.8. The van der Waals surface area contributed by atoms with Crippen molar-refractivity contribution in [2.24, 2.45) is 5.92 Å². The lowest BCUT2D eigenvalue weighted by atomic mass is 9.99. The zero-order valence-corrected chi connectivity index (χ0v) is 12.7. The van der Waals surface area contributed by atoms with Crippen molar-refractivity contribution in [2.45, 2.75) is 12.8 Å². The molecule has 0 bridgehead atoms. The van der Waals surface area contributed by atoms with Gasteiger partial charge >= 0.3 is 0 Å². The maximum atomic E-state index is 9.39. The molecule has 0 amide bonds. The number of aliphatic hydroxyl groups excluding tert-OH is 1. The van der Waals surface area contributed by atoms with Crippen molar-refractivity contribution >= 4 is 22.7 Å². The lowest BCUT2D eigenvalue weighted by Gasteiger charge is -2.32. The van der Waals surface area contributed by atoms with Crippen molar-refractivity contribution in [1.29, 1.82) is 0 Å². The summed E-state index contributed by atoms with van der Waals surface area (Å²) in [5.41, 5.74) is 0.970. The summed E-state index contributed by atoms with van der Waals surface area (Å²) in [5, 5.41) is 10.5. The second-order valence-corrected chi connectivity index (χ2v) is 5.90. The number of nitrogens with zero attached hydrogens (tertiary/aromatic N) is 4. The Morgan fingerprint density at radius 3 is 2.86 bits per heavy atom. The minimum Gasteiger partial charge on any atom is -0.396 e. The Kier molecular flexibility index (Phi) is 3.92. The summed E-state index contributed by atoms with van der Waals surface area (Å²) in [6, 6.07) is 8.11. The van der Waals surface area contributed by atoms with E-state index in [9.17, 15) is 5.11 Å². The van der Waals surface area contributed by atoms with Gasteiger partial charge in [0.05, 0.1) is 5.52 Å². The van der Waals surface area contributed by atoms with Gasteiger partial charge in [0, 0.05) is 39.2 Å². The van der Waals surface area contributed by atoms with Crippen LogP contribution >= 0.6 is 0 Å². The molecule has 21 heavy (non-hydrogen) atoms. The molecule has 0 spiro atoms. The summed E-state index contributed by atoms with van der Waals surface area (Å²) in [7, 11) is 4.01. The molecular formula is C16H22N4O. The average Bonchev–Trinajstić information content (AvgIpc) is 2.53.